The standard InChI is InChI=1S/C20H34O/c1-17(2)9-5-10-18(3)15(17)8-11-20-12-14(6-7-16(18)20)19(4,21)13-20/h14-16,21H,5-13H2,1-4H3/t14-,15-,16+,18-,19-,20+/m1/s1. The second kappa shape index (κ2) is 4.08. The van der Waals surface area contributed by atoms with Crippen molar-refractivity contribution in [3.8, 4) is 0 Å². The minimum Gasteiger partial charge on any atom is -0.390 e. The second-order valence-electron chi connectivity index (χ2n) is 10.4. The van der Waals surface area contributed by atoms with Gasteiger partial charge in [-0.1, -0.05) is 27.2 Å². The highest BCUT2D eigenvalue weighted by Gasteiger charge is 2.65. The van der Waals surface area contributed by atoms with Crippen molar-refractivity contribution in [1.29, 1.82) is 0 Å². The number of hydrogen-bond donors (Lipinski definition) is 1. The molecule has 0 aromatic heterocycles. The Balaban J connectivity index is 1.73. The minimum absolute atomic E-state index is 0.373. The summed E-state index contributed by atoms with van der Waals surface area (Å²) in [6.45, 7) is 9.83. The molecule has 4 rings (SSSR count). The van der Waals surface area contributed by atoms with Crippen molar-refractivity contribution in [2.45, 2.75) is 91.1 Å². The van der Waals surface area contributed by atoms with E-state index in [0.29, 0.717) is 22.2 Å². The molecule has 0 amide bonds. The first kappa shape index (κ1) is 14.5. The predicted octanol–water partition coefficient (Wildman–Crippen LogP) is 5.17. The molecule has 4 aliphatic rings. The fourth-order valence-corrected chi connectivity index (χ4v) is 8.12. The Morgan fingerprint density at radius 1 is 0.857 bits per heavy atom. The lowest BCUT2D eigenvalue weighted by Crippen LogP contribution is -2.55. The molecule has 0 unspecified atom stereocenters. The van der Waals surface area contributed by atoms with Crippen LogP contribution in [0.25, 0.3) is 0 Å². The summed E-state index contributed by atoms with van der Waals surface area (Å²) < 4.78 is 0. The molecule has 1 spiro atoms. The molecule has 0 aliphatic heterocycles. The Bertz CT molecular complexity index is 451. The number of rotatable bonds is 0. The molecule has 21 heavy (non-hydrogen) atoms. The summed E-state index contributed by atoms with van der Waals surface area (Å²) in [4.78, 5) is 0. The van der Waals surface area contributed by atoms with Crippen molar-refractivity contribution in [1.82, 2.24) is 0 Å². The van der Waals surface area contributed by atoms with Gasteiger partial charge < -0.3 is 5.11 Å². The van der Waals surface area contributed by atoms with Crippen molar-refractivity contribution in [2.75, 3.05) is 0 Å². The van der Waals surface area contributed by atoms with Crippen LogP contribution in [0.1, 0.15) is 85.5 Å². The Labute approximate surface area is 130 Å². The first-order chi connectivity index (χ1) is 9.70. The Kier molecular flexibility index (Phi) is 2.82. The largest absolute Gasteiger partial charge is 0.390 e. The van der Waals surface area contributed by atoms with Crippen molar-refractivity contribution in [3.63, 3.8) is 0 Å². The van der Waals surface area contributed by atoms with E-state index in [1.807, 2.05) is 0 Å². The van der Waals surface area contributed by atoms with Gasteiger partial charge in [0.15, 0.2) is 0 Å². The second-order valence-corrected chi connectivity index (χ2v) is 10.4. The lowest BCUT2D eigenvalue weighted by Gasteiger charge is -2.64. The maximum Gasteiger partial charge on any atom is 0.0653 e. The van der Waals surface area contributed by atoms with E-state index >= 15 is 0 Å². The molecule has 4 aliphatic carbocycles. The van der Waals surface area contributed by atoms with Crippen LogP contribution in [-0.2, 0) is 0 Å². The SMILES string of the molecule is CC1(C)CCC[C@]2(C)[C@@H]1CC[C@@]13C[C@@H](CC[C@H]12)[C@](C)(O)C3. The quantitative estimate of drug-likeness (QED) is 0.652. The van der Waals surface area contributed by atoms with Gasteiger partial charge in [-0.3, -0.25) is 0 Å². The Morgan fingerprint density at radius 2 is 1.62 bits per heavy atom. The van der Waals surface area contributed by atoms with Gasteiger partial charge in [-0.25, -0.2) is 0 Å². The third-order valence-electron chi connectivity index (χ3n) is 8.79. The average molecular weight is 290 g/mol. The lowest BCUT2D eigenvalue weighted by atomic mass is 9.41. The molecule has 0 saturated heterocycles. The Morgan fingerprint density at radius 3 is 2.38 bits per heavy atom. The van der Waals surface area contributed by atoms with Crippen LogP contribution in [0.3, 0.4) is 0 Å². The normalized spacial score (nSPS) is 58.4. The van der Waals surface area contributed by atoms with Gasteiger partial charge in [0.1, 0.15) is 0 Å². The molecule has 2 bridgehead atoms. The highest BCUT2D eigenvalue weighted by atomic mass is 16.3. The van der Waals surface area contributed by atoms with Gasteiger partial charge in [-0.15, -0.1) is 0 Å². The van der Waals surface area contributed by atoms with Gasteiger partial charge in [0.2, 0.25) is 0 Å². The maximum atomic E-state index is 10.9. The molecule has 0 aromatic carbocycles. The van der Waals surface area contributed by atoms with E-state index in [9.17, 15) is 5.11 Å². The van der Waals surface area contributed by atoms with E-state index in [2.05, 4.69) is 27.7 Å². The molecule has 120 valence electrons. The molecule has 1 N–H and O–H groups in total. The zero-order valence-corrected chi connectivity index (χ0v) is 14.5. The number of aliphatic hydroxyl groups is 1. The smallest absolute Gasteiger partial charge is 0.0653 e. The van der Waals surface area contributed by atoms with Gasteiger partial charge in [-0.2, -0.15) is 0 Å². The molecule has 4 saturated carbocycles. The maximum absolute atomic E-state index is 10.9. The summed E-state index contributed by atoms with van der Waals surface area (Å²) in [6.07, 6.45) is 12.2. The summed E-state index contributed by atoms with van der Waals surface area (Å²) in [5, 5.41) is 10.9. The average Bonchev–Trinajstić information content (AvgIpc) is 2.53. The number of hydrogen-bond acceptors (Lipinski definition) is 1. The van der Waals surface area contributed by atoms with Gasteiger partial charge in [0, 0.05) is 0 Å². The summed E-state index contributed by atoms with van der Waals surface area (Å²) in [5.74, 6) is 2.38. The summed E-state index contributed by atoms with van der Waals surface area (Å²) >= 11 is 0. The molecular formula is C20H34O. The molecular weight excluding hydrogens is 256 g/mol. The summed E-state index contributed by atoms with van der Waals surface area (Å²) in [7, 11) is 0. The lowest BCUT2D eigenvalue weighted by molar-refractivity contribution is -0.145. The van der Waals surface area contributed by atoms with Crippen LogP contribution < -0.4 is 0 Å². The highest BCUT2D eigenvalue weighted by Crippen LogP contribution is 2.72. The molecule has 4 fully saturated rings. The van der Waals surface area contributed by atoms with E-state index in [-0.39, 0.29) is 5.60 Å². The van der Waals surface area contributed by atoms with Crippen LogP contribution in [0.5, 0.6) is 0 Å². The molecule has 1 nitrogen and oxygen atoms in total. The fourth-order valence-electron chi connectivity index (χ4n) is 8.12. The topological polar surface area (TPSA) is 20.2 Å². The van der Waals surface area contributed by atoms with E-state index in [4.69, 9.17) is 0 Å². The van der Waals surface area contributed by atoms with Crippen molar-refractivity contribution in [3.05, 3.63) is 0 Å². The van der Waals surface area contributed by atoms with Gasteiger partial charge in [0.25, 0.3) is 0 Å². The summed E-state index contributed by atoms with van der Waals surface area (Å²) in [5.41, 5.74) is 1.20. The van der Waals surface area contributed by atoms with Crippen molar-refractivity contribution in [2.24, 2.45) is 34.0 Å². The fraction of sp³-hybridized carbons (Fsp3) is 1.00. The number of fused-ring (bicyclic) bond motifs is 3. The zero-order valence-electron chi connectivity index (χ0n) is 14.5. The van der Waals surface area contributed by atoms with Gasteiger partial charge in [0.05, 0.1) is 5.60 Å². The first-order valence-electron chi connectivity index (χ1n) is 9.42. The first-order valence-corrected chi connectivity index (χ1v) is 9.42. The highest BCUT2D eigenvalue weighted by molar-refractivity contribution is 5.15. The van der Waals surface area contributed by atoms with Crippen molar-refractivity contribution >= 4 is 0 Å². The molecule has 6 atom stereocenters. The monoisotopic (exact) mass is 290 g/mol. The molecule has 1 heteroatoms. The van der Waals surface area contributed by atoms with Crippen LogP contribution in [0, 0.1) is 34.0 Å². The molecule has 0 radical (unpaired) electrons. The van der Waals surface area contributed by atoms with E-state index in [1.54, 1.807) is 0 Å². The van der Waals surface area contributed by atoms with Crippen molar-refractivity contribution < 1.29 is 5.11 Å². The Hall–Kier alpha value is -0.0400. The minimum atomic E-state index is -0.373. The third kappa shape index (κ3) is 1.79. The van der Waals surface area contributed by atoms with Gasteiger partial charge in [-0.05, 0) is 92.3 Å². The van der Waals surface area contributed by atoms with Crippen LogP contribution in [-0.4, -0.2) is 10.7 Å². The third-order valence-corrected chi connectivity index (χ3v) is 8.79. The van der Waals surface area contributed by atoms with E-state index in [0.717, 1.165) is 18.3 Å². The van der Waals surface area contributed by atoms with Crippen LogP contribution >= 0.6 is 0 Å². The van der Waals surface area contributed by atoms with E-state index in [1.165, 1.54) is 51.4 Å². The summed E-state index contributed by atoms with van der Waals surface area (Å²) in [6, 6.07) is 0. The van der Waals surface area contributed by atoms with Crippen LogP contribution in [0.2, 0.25) is 0 Å². The van der Waals surface area contributed by atoms with E-state index < -0.39 is 0 Å². The van der Waals surface area contributed by atoms with Gasteiger partial charge >= 0.3 is 0 Å². The van der Waals surface area contributed by atoms with Crippen LogP contribution in [0.15, 0.2) is 0 Å². The predicted molar refractivity (Wildman–Crippen MR) is 87.0 cm³/mol. The molecule has 0 heterocycles. The van der Waals surface area contributed by atoms with Crippen LogP contribution in [0.4, 0.5) is 0 Å². The zero-order chi connectivity index (χ0) is 15.1. The molecule has 0 aromatic rings.